The number of likely N-dealkylation sites (tertiary alicyclic amines) is 1. The summed E-state index contributed by atoms with van der Waals surface area (Å²) in [7, 11) is 0. The third-order valence-electron chi connectivity index (χ3n) is 8.60. The molecule has 2 aliphatic heterocycles. The Morgan fingerprint density at radius 1 is 0.711 bits per heavy atom. The molecule has 1 N–H and O–H groups in total. The second-order valence-corrected chi connectivity index (χ2v) is 11.4. The summed E-state index contributed by atoms with van der Waals surface area (Å²) >= 11 is 0. The third-order valence-corrected chi connectivity index (χ3v) is 8.60. The molecule has 0 spiro atoms. The van der Waals surface area contributed by atoms with E-state index in [0.29, 0.717) is 12.4 Å². The lowest BCUT2D eigenvalue weighted by molar-refractivity contribution is 0.248. The van der Waals surface area contributed by atoms with Gasteiger partial charge in [-0.3, -0.25) is 0 Å². The van der Waals surface area contributed by atoms with Gasteiger partial charge in [-0.05, 0) is 86.6 Å². The molecule has 0 radical (unpaired) electrons. The molecule has 3 aromatic carbocycles. The van der Waals surface area contributed by atoms with Crippen molar-refractivity contribution in [1.29, 1.82) is 0 Å². The minimum Gasteiger partial charge on any atom is -0.508 e. The standard InChI is InChI=1S/C35H45NO2/c37-31-21-22-34-32(26-31)35(33(27-38-34)29-15-9-7-10-16-29)30-19-17-28(18-20-30)14-8-5-3-1-2-4-6-11-23-36-24-12-13-25-36/h7,9-10,15-22,26,33,35,37H,1-6,8,11-14,23-25,27H2. The smallest absolute Gasteiger partial charge is 0.123 e. The van der Waals surface area contributed by atoms with E-state index in [1.807, 2.05) is 12.1 Å². The Labute approximate surface area is 229 Å². The second kappa shape index (κ2) is 13.8. The van der Waals surface area contributed by atoms with Crippen molar-refractivity contribution >= 4 is 0 Å². The van der Waals surface area contributed by atoms with Crippen LogP contribution in [0.5, 0.6) is 11.5 Å². The maximum atomic E-state index is 10.2. The van der Waals surface area contributed by atoms with Gasteiger partial charge in [0.25, 0.3) is 0 Å². The zero-order valence-electron chi connectivity index (χ0n) is 23.0. The Bertz CT molecular complexity index is 1100. The summed E-state index contributed by atoms with van der Waals surface area (Å²) < 4.78 is 6.14. The number of nitrogens with zero attached hydrogens (tertiary/aromatic N) is 1. The number of aryl methyl sites for hydroxylation is 1. The van der Waals surface area contributed by atoms with Crippen molar-refractivity contribution in [3.05, 3.63) is 95.1 Å². The van der Waals surface area contributed by atoms with E-state index in [0.717, 1.165) is 17.7 Å². The highest BCUT2D eigenvalue weighted by Crippen LogP contribution is 2.47. The van der Waals surface area contributed by atoms with Gasteiger partial charge in [-0.25, -0.2) is 0 Å². The predicted molar refractivity (Wildman–Crippen MR) is 157 cm³/mol. The first-order valence-electron chi connectivity index (χ1n) is 15.1. The molecule has 3 nitrogen and oxygen atoms in total. The van der Waals surface area contributed by atoms with Gasteiger partial charge in [0.2, 0.25) is 0 Å². The van der Waals surface area contributed by atoms with Gasteiger partial charge >= 0.3 is 0 Å². The molecule has 0 amide bonds. The van der Waals surface area contributed by atoms with Crippen LogP contribution in [0, 0.1) is 0 Å². The zero-order valence-corrected chi connectivity index (χ0v) is 23.0. The van der Waals surface area contributed by atoms with Crippen molar-refractivity contribution < 1.29 is 9.84 Å². The molecular weight excluding hydrogens is 466 g/mol. The van der Waals surface area contributed by atoms with E-state index in [-0.39, 0.29) is 11.8 Å². The van der Waals surface area contributed by atoms with Crippen LogP contribution in [0.4, 0.5) is 0 Å². The normalized spacial score (nSPS) is 19.3. The molecule has 3 aromatic rings. The van der Waals surface area contributed by atoms with E-state index in [1.54, 1.807) is 6.07 Å². The van der Waals surface area contributed by atoms with Gasteiger partial charge in [-0.15, -0.1) is 0 Å². The van der Waals surface area contributed by atoms with Crippen LogP contribution in [0.3, 0.4) is 0 Å². The van der Waals surface area contributed by atoms with Crippen LogP contribution in [-0.2, 0) is 6.42 Å². The number of phenols is 1. The highest BCUT2D eigenvalue weighted by molar-refractivity contribution is 5.50. The maximum absolute atomic E-state index is 10.2. The second-order valence-electron chi connectivity index (χ2n) is 11.4. The van der Waals surface area contributed by atoms with Crippen molar-refractivity contribution in [3.8, 4) is 11.5 Å². The lowest BCUT2D eigenvalue weighted by atomic mass is 9.75. The van der Waals surface area contributed by atoms with E-state index in [1.165, 1.54) is 101 Å². The van der Waals surface area contributed by atoms with E-state index >= 15 is 0 Å². The van der Waals surface area contributed by atoms with Crippen molar-refractivity contribution in [3.63, 3.8) is 0 Å². The minimum atomic E-state index is 0.164. The fourth-order valence-electron chi connectivity index (χ4n) is 6.43. The zero-order chi connectivity index (χ0) is 26.0. The number of rotatable bonds is 13. The van der Waals surface area contributed by atoms with Gasteiger partial charge in [-0.1, -0.05) is 93.1 Å². The first-order chi connectivity index (χ1) is 18.8. The quantitative estimate of drug-likeness (QED) is 0.234. The topological polar surface area (TPSA) is 32.7 Å². The van der Waals surface area contributed by atoms with Gasteiger partial charge in [0.15, 0.2) is 0 Å². The fraction of sp³-hybridized carbons (Fsp3) is 0.486. The van der Waals surface area contributed by atoms with Crippen LogP contribution in [0.2, 0.25) is 0 Å². The molecule has 1 saturated heterocycles. The molecule has 0 aliphatic carbocycles. The van der Waals surface area contributed by atoms with Gasteiger partial charge in [-0.2, -0.15) is 0 Å². The average molecular weight is 512 g/mol. The molecule has 3 heteroatoms. The van der Waals surface area contributed by atoms with Gasteiger partial charge in [0, 0.05) is 17.4 Å². The predicted octanol–water partition coefficient (Wildman–Crippen LogP) is 8.46. The summed E-state index contributed by atoms with van der Waals surface area (Å²) in [5.74, 6) is 1.56. The molecular formula is C35H45NO2. The number of phenolic OH excluding ortho intramolecular Hbond substituents is 1. The van der Waals surface area contributed by atoms with Crippen LogP contribution in [0.1, 0.15) is 98.3 Å². The summed E-state index contributed by atoms with van der Waals surface area (Å²) in [6, 6.07) is 25.4. The Balaban J connectivity index is 1.09. The van der Waals surface area contributed by atoms with Crippen molar-refractivity contribution in [2.45, 2.75) is 82.5 Å². The first-order valence-corrected chi connectivity index (χ1v) is 15.1. The maximum Gasteiger partial charge on any atom is 0.123 e. The van der Waals surface area contributed by atoms with Crippen LogP contribution < -0.4 is 4.74 Å². The summed E-state index contributed by atoms with van der Waals surface area (Å²) in [4.78, 5) is 2.64. The Morgan fingerprint density at radius 3 is 2.13 bits per heavy atom. The number of benzene rings is 3. The van der Waals surface area contributed by atoms with Gasteiger partial charge in [0.1, 0.15) is 11.5 Å². The average Bonchev–Trinajstić information content (AvgIpc) is 3.48. The van der Waals surface area contributed by atoms with Crippen LogP contribution in [-0.4, -0.2) is 36.2 Å². The lowest BCUT2D eigenvalue weighted by Crippen LogP contribution is -2.25. The number of aromatic hydroxyl groups is 1. The molecule has 1 fully saturated rings. The fourth-order valence-corrected chi connectivity index (χ4v) is 6.43. The molecule has 0 aromatic heterocycles. The Morgan fingerprint density at radius 2 is 1.39 bits per heavy atom. The van der Waals surface area contributed by atoms with Crippen molar-refractivity contribution in [1.82, 2.24) is 4.90 Å². The highest BCUT2D eigenvalue weighted by Gasteiger charge is 2.33. The van der Waals surface area contributed by atoms with Crippen LogP contribution in [0.15, 0.2) is 72.8 Å². The Hall–Kier alpha value is -2.78. The molecule has 2 atom stereocenters. The molecule has 5 rings (SSSR count). The summed E-state index contributed by atoms with van der Waals surface area (Å²) in [6.07, 6.45) is 14.9. The largest absolute Gasteiger partial charge is 0.508 e. The molecule has 2 unspecified atom stereocenters. The molecule has 202 valence electrons. The van der Waals surface area contributed by atoms with Crippen molar-refractivity contribution in [2.24, 2.45) is 0 Å². The lowest BCUT2D eigenvalue weighted by Gasteiger charge is -2.34. The van der Waals surface area contributed by atoms with E-state index in [4.69, 9.17) is 4.74 Å². The molecule has 0 saturated carbocycles. The first kappa shape index (κ1) is 26.8. The molecule has 0 bridgehead atoms. The molecule has 2 aliphatic rings. The number of ether oxygens (including phenoxy) is 1. The minimum absolute atomic E-state index is 0.164. The summed E-state index contributed by atoms with van der Waals surface area (Å²) in [5.41, 5.74) is 5.08. The van der Waals surface area contributed by atoms with E-state index in [9.17, 15) is 5.11 Å². The SMILES string of the molecule is Oc1ccc2c(c1)C(c1ccc(CCCCCCCCCCN3CCCC3)cc1)C(c1ccccc1)CO2. The molecule has 2 heterocycles. The number of hydrogen-bond acceptors (Lipinski definition) is 3. The summed E-state index contributed by atoms with van der Waals surface area (Å²) in [5, 5.41) is 10.2. The van der Waals surface area contributed by atoms with E-state index in [2.05, 4.69) is 59.5 Å². The van der Waals surface area contributed by atoms with E-state index < -0.39 is 0 Å². The highest BCUT2D eigenvalue weighted by atomic mass is 16.5. The number of unbranched alkanes of at least 4 members (excludes halogenated alkanes) is 7. The van der Waals surface area contributed by atoms with Crippen molar-refractivity contribution in [2.75, 3.05) is 26.2 Å². The van der Waals surface area contributed by atoms with Crippen LogP contribution in [0.25, 0.3) is 0 Å². The van der Waals surface area contributed by atoms with Gasteiger partial charge < -0.3 is 14.7 Å². The third kappa shape index (κ3) is 7.20. The molecule has 38 heavy (non-hydrogen) atoms. The monoisotopic (exact) mass is 511 g/mol. The number of fused-ring (bicyclic) bond motifs is 1. The summed E-state index contributed by atoms with van der Waals surface area (Å²) in [6.45, 7) is 4.65. The van der Waals surface area contributed by atoms with Crippen LogP contribution >= 0.6 is 0 Å². The van der Waals surface area contributed by atoms with Gasteiger partial charge in [0.05, 0.1) is 6.61 Å². The Kier molecular flexibility index (Phi) is 9.77. The number of hydrogen-bond donors (Lipinski definition) is 1.